The number of benzene rings is 1. The van der Waals surface area contributed by atoms with Crippen LogP contribution in [0.5, 0.6) is 0 Å². The van der Waals surface area contributed by atoms with Gasteiger partial charge in [-0.25, -0.2) is 9.97 Å². The van der Waals surface area contributed by atoms with Gasteiger partial charge in [-0.1, -0.05) is 30.3 Å². The molecule has 2 aliphatic heterocycles. The fourth-order valence-corrected chi connectivity index (χ4v) is 6.58. The van der Waals surface area contributed by atoms with Crippen molar-refractivity contribution in [2.75, 3.05) is 0 Å². The summed E-state index contributed by atoms with van der Waals surface area (Å²) >= 11 is 0. The maximum Gasteiger partial charge on any atom is 0.0737 e. The van der Waals surface area contributed by atoms with Crippen LogP contribution in [0.25, 0.3) is 90.9 Å². The Hall–Kier alpha value is -6.73. The minimum atomic E-state index is 0.853. The molecule has 7 aromatic rings. The highest BCUT2D eigenvalue weighted by molar-refractivity contribution is 5.99. The van der Waals surface area contributed by atoms with Crippen LogP contribution in [0.3, 0.4) is 0 Å². The zero-order valence-corrected chi connectivity index (χ0v) is 25.7. The largest absolute Gasteiger partial charge is 0.354 e. The molecule has 8 bridgehead atoms. The third kappa shape index (κ3) is 4.82. The summed E-state index contributed by atoms with van der Waals surface area (Å²) < 4.78 is 0. The highest BCUT2D eigenvalue weighted by Crippen LogP contribution is 2.38. The molecule has 0 saturated carbocycles. The van der Waals surface area contributed by atoms with Crippen LogP contribution >= 0.6 is 0 Å². The van der Waals surface area contributed by atoms with Crippen molar-refractivity contribution in [1.82, 2.24) is 34.9 Å². The topological polar surface area (TPSA) is 96.0 Å². The molecule has 226 valence electrons. The predicted octanol–water partition coefficient (Wildman–Crippen LogP) is 9.51. The van der Waals surface area contributed by atoms with Gasteiger partial charge in [-0.05, 0) is 107 Å². The Labute approximate surface area is 276 Å². The Balaban J connectivity index is 1.49. The van der Waals surface area contributed by atoms with E-state index >= 15 is 0 Å². The molecule has 6 aromatic heterocycles. The van der Waals surface area contributed by atoms with Gasteiger partial charge in [0.25, 0.3) is 0 Å². The minimum Gasteiger partial charge on any atom is -0.354 e. The second-order valence-corrected chi connectivity index (χ2v) is 11.6. The van der Waals surface area contributed by atoms with Gasteiger partial charge in [0.1, 0.15) is 0 Å². The van der Waals surface area contributed by atoms with E-state index in [2.05, 4.69) is 97.8 Å². The van der Waals surface area contributed by atoms with Crippen molar-refractivity contribution in [1.29, 1.82) is 0 Å². The lowest BCUT2D eigenvalue weighted by Gasteiger charge is -2.06. The van der Waals surface area contributed by atoms with Gasteiger partial charge in [0.2, 0.25) is 0 Å². The monoisotopic (exact) mass is 617 g/mol. The molecule has 0 saturated heterocycles. The number of fused-ring (bicyclic) bond motifs is 8. The Kier molecular flexibility index (Phi) is 6.64. The van der Waals surface area contributed by atoms with Gasteiger partial charge < -0.3 is 9.97 Å². The van der Waals surface area contributed by atoms with E-state index in [4.69, 9.17) is 9.97 Å². The van der Waals surface area contributed by atoms with E-state index < -0.39 is 0 Å². The normalized spacial score (nSPS) is 12.0. The summed E-state index contributed by atoms with van der Waals surface area (Å²) in [6.07, 6.45) is 19.3. The van der Waals surface area contributed by atoms with Crippen LogP contribution in [-0.2, 0) is 0 Å². The average molecular weight is 618 g/mol. The summed E-state index contributed by atoms with van der Waals surface area (Å²) in [7, 11) is 0. The van der Waals surface area contributed by atoms with E-state index in [1.165, 1.54) is 0 Å². The average Bonchev–Trinajstić information content (AvgIpc) is 3.98. The van der Waals surface area contributed by atoms with Crippen LogP contribution in [-0.4, -0.2) is 34.9 Å². The summed E-state index contributed by atoms with van der Waals surface area (Å²) in [5.41, 5.74) is 15.3. The molecule has 0 radical (unpaired) electrons. The van der Waals surface area contributed by atoms with E-state index in [1.807, 2.05) is 79.6 Å². The molecule has 8 heterocycles. The van der Waals surface area contributed by atoms with Crippen molar-refractivity contribution in [2.45, 2.75) is 0 Å². The third-order valence-corrected chi connectivity index (χ3v) is 8.72. The zero-order valence-electron chi connectivity index (χ0n) is 25.7. The lowest BCUT2D eigenvalue weighted by atomic mass is 10.0. The van der Waals surface area contributed by atoms with Gasteiger partial charge in [-0.15, -0.1) is 0 Å². The Morgan fingerprint density at radius 1 is 0.312 bits per heavy atom. The Bertz CT molecular complexity index is 2180. The lowest BCUT2D eigenvalue weighted by molar-refractivity contribution is 1.29. The predicted molar refractivity (Wildman–Crippen MR) is 194 cm³/mol. The summed E-state index contributed by atoms with van der Waals surface area (Å²) in [6, 6.07) is 31.0. The molecule has 9 rings (SSSR count). The summed E-state index contributed by atoms with van der Waals surface area (Å²) in [4.78, 5) is 31.0. The molecule has 0 atom stereocenters. The molecular weight excluding hydrogens is 591 g/mol. The fourth-order valence-electron chi connectivity index (χ4n) is 6.58. The number of nitrogens with zero attached hydrogens (tertiary/aromatic N) is 5. The van der Waals surface area contributed by atoms with Crippen LogP contribution in [0.15, 0.2) is 128 Å². The summed E-state index contributed by atoms with van der Waals surface area (Å²) in [6.45, 7) is 0. The minimum absolute atomic E-state index is 0.853. The number of nitrogens with one attached hydrogen (secondary N) is 2. The van der Waals surface area contributed by atoms with Gasteiger partial charge in [0.15, 0.2) is 0 Å². The number of hydrogen-bond acceptors (Lipinski definition) is 5. The molecule has 0 fully saturated rings. The first-order valence-electron chi connectivity index (χ1n) is 15.7. The molecule has 2 N–H and O–H groups in total. The first-order chi connectivity index (χ1) is 23.8. The lowest BCUT2D eigenvalue weighted by Crippen LogP contribution is -1.90. The molecule has 1 aromatic carbocycles. The van der Waals surface area contributed by atoms with Crippen LogP contribution in [0.4, 0.5) is 0 Å². The van der Waals surface area contributed by atoms with Gasteiger partial charge in [0, 0.05) is 81.5 Å². The van der Waals surface area contributed by atoms with Gasteiger partial charge in [0.05, 0.1) is 22.8 Å². The van der Waals surface area contributed by atoms with Crippen LogP contribution in [0.1, 0.15) is 22.8 Å². The molecule has 0 aliphatic carbocycles. The maximum atomic E-state index is 5.31. The second-order valence-electron chi connectivity index (χ2n) is 11.6. The van der Waals surface area contributed by atoms with E-state index in [0.717, 1.165) is 89.4 Å². The van der Waals surface area contributed by atoms with Crippen LogP contribution in [0.2, 0.25) is 0 Å². The van der Waals surface area contributed by atoms with Crippen molar-refractivity contribution in [3.63, 3.8) is 0 Å². The first kappa shape index (κ1) is 27.6. The Morgan fingerprint density at radius 2 is 0.604 bits per heavy atom. The number of pyridine rings is 3. The van der Waals surface area contributed by atoms with E-state index in [0.29, 0.717) is 0 Å². The van der Waals surface area contributed by atoms with Crippen molar-refractivity contribution in [2.24, 2.45) is 0 Å². The SMILES string of the molecule is C1=Cc2nc1c(-c1ccccc1)c1ccc([nH]1)c(-c1ccncc1)c1nc(c(-c3ccncc3)c3ccc([nH]3)c2-c2ccncc2)C=C1. The molecule has 0 amide bonds. The van der Waals surface area contributed by atoms with Gasteiger partial charge in [-0.3, -0.25) is 15.0 Å². The second kappa shape index (κ2) is 11.6. The molecule has 0 unspecified atom stereocenters. The van der Waals surface area contributed by atoms with Crippen molar-refractivity contribution >= 4 is 46.4 Å². The van der Waals surface area contributed by atoms with Crippen molar-refractivity contribution < 1.29 is 0 Å². The molecule has 2 aliphatic rings. The van der Waals surface area contributed by atoms with Gasteiger partial charge >= 0.3 is 0 Å². The zero-order chi connectivity index (χ0) is 31.9. The van der Waals surface area contributed by atoms with E-state index in [9.17, 15) is 0 Å². The molecule has 7 nitrogen and oxygen atoms in total. The number of H-pyrrole nitrogens is 2. The number of rotatable bonds is 4. The van der Waals surface area contributed by atoms with Crippen molar-refractivity contribution in [3.8, 4) is 44.5 Å². The summed E-state index contributed by atoms with van der Waals surface area (Å²) in [5, 5.41) is 0. The number of aromatic amines is 2. The number of aromatic nitrogens is 7. The molecule has 7 heteroatoms. The van der Waals surface area contributed by atoms with Crippen LogP contribution in [0, 0.1) is 0 Å². The Morgan fingerprint density at radius 3 is 0.917 bits per heavy atom. The molecular formula is C41H27N7. The van der Waals surface area contributed by atoms with Crippen LogP contribution < -0.4 is 0 Å². The molecule has 48 heavy (non-hydrogen) atoms. The fraction of sp³-hybridized carbons (Fsp3) is 0. The van der Waals surface area contributed by atoms with E-state index in [1.54, 1.807) is 0 Å². The molecule has 0 spiro atoms. The smallest absolute Gasteiger partial charge is 0.0737 e. The quantitative estimate of drug-likeness (QED) is 0.205. The highest BCUT2D eigenvalue weighted by atomic mass is 14.8. The maximum absolute atomic E-state index is 5.31. The number of hydrogen-bond donors (Lipinski definition) is 2. The third-order valence-electron chi connectivity index (χ3n) is 8.72. The highest BCUT2D eigenvalue weighted by Gasteiger charge is 2.18. The van der Waals surface area contributed by atoms with E-state index in [-0.39, 0.29) is 0 Å². The van der Waals surface area contributed by atoms with Crippen molar-refractivity contribution in [3.05, 3.63) is 151 Å². The standard InChI is InChI=1S/C41H27N7/c1-2-4-26(5-3-1)38-30-6-8-32(45-30)39(27-14-20-42-21-15-27)34-10-12-36(47-34)41(29-18-24-44-25-19-29)37-13-11-35(48-37)40(28-16-22-43-23-17-28)33-9-7-31(38)46-33/h1-25,45,48H. The first-order valence-corrected chi connectivity index (χ1v) is 15.7. The summed E-state index contributed by atoms with van der Waals surface area (Å²) in [5.74, 6) is 0. The van der Waals surface area contributed by atoms with Gasteiger partial charge in [-0.2, -0.15) is 0 Å².